The van der Waals surface area contributed by atoms with Crippen LogP contribution in [0.5, 0.6) is 5.75 Å². The Morgan fingerprint density at radius 1 is 1.22 bits per heavy atom. The molecule has 2 rings (SSSR count). The average molecular weight is 256 g/mol. The van der Waals surface area contributed by atoms with E-state index in [4.69, 9.17) is 0 Å². The molecule has 1 fully saturated rings. The molecule has 0 radical (unpaired) electrons. The molecule has 0 amide bonds. The maximum atomic E-state index is 12.1. The van der Waals surface area contributed by atoms with Crippen molar-refractivity contribution in [1.82, 2.24) is 0 Å². The highest BCUT2D eigenvalue weighted by atomic mass is 19.3. The Morgan fingerprint density at radius 2 is 1.89 bits per heavy atom. The minimum absolute atomic E-state index is 0.00823. The predicted molar refractivity (Wildman–Crippen MR) is 56.1 cm³/mol. The Bertz CT molecular complexity index is 457. The van der Waals surface area contributed by atoms with E-state index in [1.165, 1.54) is 18.2 Å². The molecule has 1 aromatic rings. The van der Waals surface area contributed by atoms with E-state index < -0.39 is 18.6 Å². The second kappa shape index (κ2) is 5.12. The van der Waals surface area contributed by atoms with Crippen molar-refractivity contribution in [2.24, 2.45) is 0 Å². The molecule has 1 aliphatic rings. The zero-order valence-corrected chi connectivity index (χ0v) is 9.27. The number of benzene rings is 1. The van der Waals surface area contributed by atoms with Crippen LogP contribution in [0.4, 0.5) is 8.78 Å². The summed E-state index contributed by atoms with van der Waals surface area (Å²) in [4.78, 5) is 22.3. The van der Waals surface area contributed by atoms with Gasteiger partial charge in [-0.2, -0.15) is 8.78 Å². The number of cyclic esters (lactones) is 2. The van der Waals surface area contributed by atoms with Crippen LogP contribution in [0.3, 0.4) is 0 Å². The van der Waals surface area contributed by atoms with E-state index in [1.807, 2.05) is 0 Å². The van der Waals surface area contributed by atoms with Crippen molar-refractivity contribution < 1.29 is 27.8 Å². The standard InChI is InChI=1S/C12H10F2O4/c13-12(14)17-9-3-1-2-7(4-9)8-5-10(15)18-11(16)6-8/h1-4,8,12H,5-6H2. The second-order valence-corrected chi connectivity index (χ2v) is 3.90. The lowest BCUT2D eigenvalue weighted by Crippen LogP contribution is -2.24. The molecule has 1 heterocycles. The summed E-state index contributed by atoms with van der Waals surface area (Å²) in [6.45, 7) is -2.90. The van der Waals surface area contributed by atoms with Crippen LogP contribution in [-0.2, 0) is 14.3 Å². The van der Waals surface area contributed by atoms with Crippen LogP contribution in [0.15, 0.2) is 24.3 Å². The highest BCUT2D eigenvalue weighted by Crippen LogP contribution is 2.30. The monoisotopic (exact) mass is 256 g/mol. The number of ether oxygens (including phenoxy) is 2. The Balaban J connectivity index is 2.17. The number of esters is 2. The Hall–Kier alpha value is -1.98. The molecular weight excluding hydrogens is 246 g/mol. The Labute approximate surface area is 101 Å². The van der Waals surface area contributed by atoms with Gasteiger partial charge in [-0.25, -0.2) is 0 Å². The summed E-state index contributed by atoms with van der Waals surface area (Å²) in [7, 11) is 0. The Morgan fingerprint density at radius 3 is 2.50 bits per heavy atom. The highest BCUT2D eigenvalue weighted by Gasteiger charge is 2.28. The normalized spacial score (nSPS) is 16.8. The van der Waals surface area contributed by atoms with Gasteiger partial charge in [-0.1, -0.05) is 12.1 Å². The third-order valence-electron chi connectivity index (χ3n) is 2.61. The first-order valence-electron chi connectivity index (χ1n) is 5.33. The summed E-state index contributed by atoms with van der Waals surface area (Å²) >= 11 is 0. The number of alkyl halides is 2. The minimum atomic E-state index is -2.90. The van der Waals surface area contributed by atoms with Gasteiger partial charge in [0.1, 0.15) is 5.75 Å². The number of hydrogen-bond acceptors (Lipinski definition) is 4. The van der Waals surface area contributed by atoms with Crippen LogP contribution in [0.2, 0.25) is 0 Å². The van der Waals surface area contributed by atoms with Gasteiger partial charge in [0.05, 0.1) is 12.8 Å². The van der Waals surface area contributed by atoms with Crippen LogP contribution in [-0.4, -0.2) is 18.6 Å². The lowest BCUT2D eigenvalue weighted by atomic mass is 9.91. The average Bonchev–Trinajstić information content (AvgIpc) is 2.27. The molecule has 0 aromatic heterocycles. The van der Waals surface area contributed by atoms with E-state index in [-0.39, 0.29) is 24.5 Å². The molecule has 1 saturated heterocycles. The first-order chi connectivity index (χ1) is 8.54. The van der Waals surface area contributed by atoms with Crippen molar-refractivity contribution in [1.29, 1.82) is 0 Å². The molecule has 0 unspecified atom stereocenters. The maximum Gasteiger partial charge on any atom is 0.387 e. The second-order valence-electron chi connectivity index (χ2n) is 3.90. The quantitative estimate of drug-likeness (QED) is 0.614. The van der Waals surface area contributed by atoms with Crippen LogP contribution in [0.25, 0.3) is 0 Å². The van der Waals surface area contributed by atoms with Crippen molar-refractivity contribution in [2.45, 2.75) is 25.4 Å². The van der Waals surface area contributed by atoms with Crippen molar-refractivity contribution in [3.05, 3.63) is 29.8 Å². The molecule has 0 atom stereocenters. The first-order valence-corrected chi connectivity index (χ1v) is 5.33. The van der Waals surface area contributed by atoms with E-state index in [1.54, 1.807) is 6.07 Å². The molecular formula is C12H10F2O4. The van der Waals surface area contributed by atoms with Gasteiger partial charge >= 0.3 is 18.6 Å². The molecule has 0 N–H and O–H groups in total. The minimum Gasteiger partial charge on any atom is -0.435 e. The molecule has 1 aliphatic heterocycles. The van der Waals surface area contributed by atoms with Gasteiger partial charge in [0.2, 0.25) is 0 Å². The largest absolute Gasteiger partial charge is 0.435 e. The van der Waals surface area contributed by atoms with Crippen LogP contribution >= 0.6 is 0 Å². The van der Waals surface area contributed by atoms with Crippen molar-refractivity contribution >= 4 is 11.9 Å². The fourth-order valence-corrected chi connectivity index (χ4v) is 1.87. The van der Waals surface area contributed by atoms with Crippen LogP contribution in [0, 0.1) is 0 Å². The van der Waals surface area contributed by atoms with E-state index in [0.29, 0.717) is 5.56 Å². The molecule has 18 heavy (non-hydrogen) atoms. The van der Waals surface area contributed by atoms with Gasteiger partial charge in [0, 0.05) is 5.92 Å². The molecule has 1 aromatic carbocycles. The van der Waals surface area contributed by atoms with E-state index in [2.05, 4.69) is 9.47 Å². The third kappa shape index (κ3) is 3.03. The first kappa shape index (κ1) is 12.5. The smallest absolute Gasteiger partial charge is 0.387 e. The predicted octanol–water partition coefficient (Wildman–Crippen LogP) is 2.24. The fourth-order valence-electron chi connectivity index (χ4n) is 1.87. The third-order valence-corrected chi connectivity index (χ3v) is 2.61. The van der Waals surface area contributed by atoms with Crippen LogP contribution < -0.4 is 4.74 Å². The Kier molecular flexibility index (Phi) is 3.55. The van der Waals surface area contributed by atoms with Gasteiger partial charge in [-0.3, -0.25) is 9.59 Å². The lowest BCUT2D eigenvalue weighted by molar-refractivity contribution is -0.163. The highest BCUT2D eigenvalue weighted by molar-refractivity contribution is 5.89. The zero-order valence-electron chi connectivity index (χ0n) is 9.27. The molecule has 0 saturated carbocycles. The molecule has 0 spiro atoms. The fraction of sp³-hybridized carbons (Fsp3) is 0.333. The van der Waals surface area contributed by atoms with Crippen molar-refractivity contribution in [3.8, 4) is 5.75 Å². The van der Waals surface area contributed by atoms with Gasteiger partial charge < -0.3 is 9.47 Å². The summed E-state index contributed by atoms with van der Waals surface area (Å²) in [6.07, 6.45) is 0.119. The van der Waals surface area contributed by atoms with E-state index in [9.17, 15) is 18.4 Å². The zero-order chi connectivity index (χ0) is 13.1. The molecule has 96 valence electrons. The SMILES string of the molecule is O=C1CC(c2cccc(OC(F)F)c2)CC(=O)O1. The topological polar surface area (TPSA) is 52.6 Å². The summed E-state index contributed by atoms with van der Waals surface area (Å²) in [5.41, 5.74) is 0.609. The summed E-state index contributed by atoms with van der Waals surface area (Å²) in [5.74, 6) is -1.54. The number of hydrogen-bond donors (Lipinski definition) is 0. The van der Waals surface area contributed by atoms with Crippen molar-refractivity contribution in [3.63, 3.8) is 0 Å². The summed E-state index contributed by atoms with van der Waals surface area (Å²) in [6, 6.07) is 5.99. The lowest BCUT2D eigenvalue weighted by Gasteiger charge is -2.20. The van der Waals surface area contributed by atoms with Gasteiger partial charge in [0.15, 0.2) is 0 Å². The molecule has 0 aliphatic carbocycles. The summed E-state index contributed by atoms with van der Waals surface area (Å²) < 4.78 is 32.8. The van der Waals surface area contributed by atoms with Gasteiger partial charge in [-0.15, -0.1) is 0 Å². The summed E-state index contributed by atoms with van der Waals surface area (Å²) in [5, 5.41) is 0. The van der Waals surface area contributed by atoms with E-state index >= 15 is 0 Å². The molecule has 0 bridgehead atoms. The van der Waals surface area contributed by atoms with Gasteiger partial charge in [-0.05, 0) is 17.7 Å². The molecule has 6 heteroatoms. The van der Waals surface area contributed by atoms with Gasteiger partial charge in [0.25, 0.3) is 0 Å². The van der Waals surface area contributed by atoms with Crippen molar-refractivity contribution in [2.75, 3.05) is 0 Å². The van der Waals surface area contributed by atoms with Crippen LogP contribution in [0.1, 0.15) is 24.3 Å². The number of carbonyl (C=O) groups is 2. The van der Waals surface area contributed by atoms with E-state index in [0.717, 1.165) is 0 Å². The number of rotatable bonds is 3. The molecule has 4 nitrogen and oxygen atoms in total. The number of carbonyl (C=O) groups excluding carboxylic acids is 2. The maximum absolute atomic E-state index is 12.1. The number of halogens is 2.